The molecule has 2 aromatic rings. The van der Waals surface area contributed by atoms with Crippen molar-refractivity contribution < 1.29 is 4.79 Å². The van der Waals surface area contributed by atoms with Crippen LogP contribution >= 0.6 is 22.9 Å². The van der Waals surface area contributed by atoms with Crippen LogP contribution in [0.25, 0.3) is 10.6 Å². The van der Waals surface area contributed by atoms with E-state index in [4.69, 9.17) is 17.3 Å². The van der Waals surface area contributed by atoms with Gasteiger partial charge in [-0.05, 0) is 24.4 Å². The van der Waals surface area contributed by atoms with Crippen LogP contribution in [-0.2, 0) is 0 Å². The lowest BCUT2D eigenvalue weighted by Crippen LogP contribution is -2.13. The summed E-state index contributed by atoms with van der Waals surface area (Å²) in [4.78, 5) is 16.4. The number of aromatic nitrogens is 1. The van der Waals surface area contributed by atoms with Gasteiger partial charge in [0.25, 0.3) is 5.91 Å². The van der Waals surface area contributed by atoms with Gasteiger partial charge in [0.05, 0.1) is 26.9 Å². The van der Waals surface area contributed by atoms with Gasteiger partial charge < -0.3 is 5.73 Å². The molecule has 82 valence electrons. The van der Waals surface area contributed by atoms with Crippen LogP contribution in [0, 0.1) is 6.92 Å². The molecule has 0 saturated heterocycles. The molecule has 2 aromatic heterocycles. The number of rotatable bonds is 2. The maximum Gasteiger partial charge on any atom is 0.250 e. The summed E-state index contributed by atoms with van der Waals surface area (Å²) in [6.45, 7) is 1.74. The number of pyridine rings is 1. The zero-order valence-electron chi connectivity index (χ0n) is 8.53. The van der Waals surface area contributed by atoms with Crippen molar-refractivity contribution in [1.82, 2.24) is 4.98 Å². The normalized spacial score (nSPS) is 10.4. The van der Waals surface area contributed by atoms with Gasteiger partial charge in [-0.2, -0.15) is 0 Å². The Labute approximate surface area is 102 Å². The van der Waals surface area contributed by atoms with Crippen molar-refractivity contribution in [2.75, 3.05) is 0 Å². The zero-order chi connectivity index (χ0) is 11.7. The maximum absolute atomic E-state index is 11.1. The quantitative estimate of drug-likeness (QED) is 0.894. The van der Waals surface area contributed by atoms with Crippen molar-refractivity contribution in [2.24, 2.45) is 5.73 Å². The Hall–Kier alpha value is -1.39. The third-order valence-electron chi connectivity index (χ3n) is 2.19. The molecule has 0 aliphatic heterocycles. The summed E-state index contributed by atoms with van der Waals surface area (Å²) in [5, 5.41) is 2.40. The Morgan fingerprint density at radius 2 is 2.31 bits per heavy atom. The second-order valence-corrected chi connectivity index (χ2v) is 4.65. The van der Waals surface area contributed by atoms with Crippen LogP contribution in [0.15, 0.2) is 23.6 Å². The van der Waals surface area contributed by atoms with E-state index < -0.39 is 5.91 Å². The van der Waals surface area contributed by atoms with Gasteiger partial charge in [-0.3, -0.25) is 4.79 Å². The second-order valence-electron chi connectivity index (χ2n) is 3.29. The van der Waals surface area contributed by atoms with Crippen LogP contribution in [0.4, 0.5) is 0 Å². The molecule has 5 heteroatoms. The summed E-state index contributed by atoms with van der Waals surface area (Å²) in [6.07, 6.45) is 0. The van der Waals surface area contributed by atoms with E-state index in [2.05, 4.69) is 4.98 Å². The average molecular weight is 253 g/mol. The fourth-order valence-corrected chi connectivity index (χ4v) is 2.45. The van der Waals surface area contributed by atoms with Crippen LogP contribution in [0.2, 0.25) is 5.02 Å². The molecule has 0 spiro atoms. The Morgan fingerprint density at radius 1 is 1.56 bits per heavy atom. The van der Waals surface area contributed by atoms with Gasteiger partial charge in [-0.1, -0.05) is 17.7 Å². The fraction of sp³-hybridized carbons (Fsp3) is 0.0909. The van der Waals surface area contributed by atoms with E-state index in [1.807, 2.05) is 17.5 Å². The van der Waals surface area contributed by atoms with E-state index in [1.165, 1.54) is 0 Å². The summed E-state index contributed by atoms with van der Waals surface area (Å²) >= 11 is 7.62. The van der Waals surface area contributed by atoms with Gasteiger partial charge in [0.15, 0.2) is 0 Å². The highest BCUT2D eigenvalue weighted by Gasteiger charge is 2.13. The zero-order valence-corrected chi connectivity index (χ0v) is 10.1. The molecular formula is C11H9ClN2OS. The molecule has 0 radical (unpaired) electrons. The molecule has 2 rings (SSSR count). The summed E-state index contributed by atoms with van der Waals surface area (Å²) in [5.41, 5.74) is 6.87. The van der Waals surface area contributed by atoms with Crippen molar-refractivity contribution in [3.05, 3.63) is 39.9 Å². The van der Waals surface area contributed by atoms with Crippen LogP contribution < -0.4 is 5.73 Å². The monoisotopic (exact) mass is 252 g/mol. The number of hydrogen-bond donors (Lipinski definition) is 1. The van der Waals surface area contributed by atoms with Gasteiger partial charge in [-0.25, -0.2) is 4.98 Å². The smallest absolute Gasteiger partial charge is 0.250 e. The largest absolute Gasteiger partial charge is 0.366 e. The Balaban J connectivity index is 2.59. The predicted molar refractivity (Wildman–Crippen MR) is 65.8 cm³/mol. The van der Waals surface area contributed by atoms with Gasteiger partial charge in [-0.15, -0.1) is 11.3 Å². The SMILES string of the molecule is Cc1nc(-c2cccs2)c(Cl)cc1C(N)=O. The molecule has 0 aliphatic rings. The van der Waals surface area contributed by atoms with Gasteiger partial charge in [0, 0.05) is 0 Å². The Kier molecular flexibility index (Phi) is 2.94. The van der Waals surface area contributed by atoms with E-state index in [-0.39, 0.29) is 0 Å². The van der Waals surface area contributed by atoms with E-state index in [0.29, 0.717) is 22.0 Å². The molecule has 0 saturated carbocycles. The number of carbonyl (C=O) groups excluding carboxylic acids is 1. The number of amides is 1. The lowest BCUT2D eigenvalue weighted by atomic mass is 10.1. The first-order valence-corrected chi connectivity index (χ1v) is 5.86. The molecule has 2 heterocycles. The summed E-state index contributed by atoms with van der Waals surface area (Å²) in [5.74, 6) is -0.510. The molecule has 0 fully saturated rings. The molecule has 0 unspecified atom stereocenters. The predicted octanol–water partition coefficient (Wildman–Crippen LogP) is 2.87. The van der Waals surface area contributed by atoms with Gasteiger partial charge in [0.1, 0.15) is 0 Å². The van der Waals surface area contributed by atoms with Crippen molar-refractivity contribution in [3.63, 3.8) is 0 Å². The lowest BCUT2D eigenvalue weighted by molar-refractivity contribution is 0.0999. The highest BCUT2D eigenvalue weighted by Crippen LogP contribution is 2.30. The minimum absolute atomic E-state index is 0.366. The summed E-state index contributed by atoms with van der Waals surface area (Å²) in [6, 6.07) is 5.43. The van der Waals surface area contributed by atoms with Crippen LogP contribution in [0.5, 0.6) is 0 Å². The average Bonchev–Trinajstić information content (AvgIpc) is 2.73. The first-order chi connectivity index (χ1) is 7.59. The van der Waals surface area contributed by atoms with Crippen molar-refractivity contribution in [1.29, 1.82) is 0 Å². The van der Waals surface area contributed by atoms with E-state index in [0.717, 1.165) is 4.88 Å². The van der Waals surface area contributed by atoms with Gasteiger partial charge in [0.2, 0.25) is 0 Å². The number of halogens is 1. The molecule has 3 nitrogen and oxygen atoms in total. The van der Waals surface area contributed by atoms with E-state index in [1.54, 1.807) is 24.3 Å². The van der Waals surface area contributed by atoms with Crippen molar-refractivity contribution in [2.45, 2.75) is 6.92 Å². The topological polar surface area (TPSA) is 56.0 Å². The summed E-state index contributed by atoms with van der Waals surface area (Å²) < 4.78 is 0. The number of nitrogens with zero attached hydrogens (tertiary/aromatic N) is 1. The molecule has 1 amide bonds. The van der Waals surface area contributed by atoms with E-state index >= 15 is 0 Å². The third-order valence-corrected chi connectivity index (χ3v) is 3.35. The third kappa shape index (κ3) is 1.94. The molecule has 0 aromatic carbocycles. The number of thiophene rings is 1. The van der Waals surface area contributed by atoms with Crippen LogP contribution in [0.3, 0.4) is 0 Å². The van der Waals surface area contributed by atoms with Crippen LogP contribution in [0.1, 0.15) is 16.1 Å². The number of primary amides is 1. The standard InChI is InChI=1S/C11H9ClN2OS/c1-6-7(11(13)15)5-8(12)10(14-6)9-3-2-4-16-9/h2-5H,1H3,(H2,13,15). The molecular weight excluding hydrogens is 244 g/mol. The second kappa shape index (κ2) is 4.23. The van der Waals surface area contributed by atoms with Crippen LogP contribution in [-0.4, -0.2) is 10.9 Å². The minimum atomic E-state index is -0.510. The summed E-state index contributed by atoms with van der Waals surface area (Å²) in [7, 11) is 0. The van der Waals surface area contributed by atoms with E-state index in [9.17, 15) is 4.79 Å². The Morgan fingerprint density at radius 3 is 2.88 bits per heavy atom. The van der Waals surface area contributed by atoms with Crippen molar-refractivity contribution in [3.8, 4) is 10.6 Å². The molecule has 0 atom stereocenters. The first kappa shape index (κ1) is 11.1. The molecule has 16 heavy (non-hydrogen) atoms. The maximum atomic E-state index is 11.1. The number of aryl methyl sites for hydroxylation is 1. The highest BCUT2D eigenvalue weighted by atomic mass is 35.5. The number of nitrogens with two attached hydrogens (primary N) is 1. The minimum Gasteiger partial charge on any atom is -0.366 e. The molecule has 0 aliphatic carbocycles. The lowest BCUT2D eigenvalue weighted by Gasteiger charge is -2.06. The van der Waals surface area contributed by atoms with Gasteiger partial charge >= 0.3 is 0 Å². The van der Waals surface area contributed by atoms with Crippen molar-refractivity contribution >= 4 is 28.8 Å². The number of hydrogen-bond acceptors (Lipinski definition) is 3. The highest BCUT2D eigenvalue weighted by molar-refractivity contribution is 7.13. The first-order valence-electron chi connectivity index (χ1n) is 4.60. The Bertz CT molecular complexity index is 537. The molecule has 2 N–H and O–H groups in total. The number of carbonyl (C=O) groups is 1. The fourth-order valence-electron chi connectivity index (χ4n) is 1.42. The molecule has 0 bridgehead atoms.